The zero-order valence-corrected chi connectivity index (χ0v) is 11.3. The van der Waals surface area contributed by atoms with Gasteiger partial charge in [-0.3, -0.25) is 4.79 Å². The number of carboxylic acid groups (broad SMARTS) is 1. The minimum Gasteiger partial charge on any atom is -0.480 e. The fourth-order valence-electron chi connectivity index (χ4n) is 1.60. The first-order chi connectivity index (χ1) is 8.70. The predicted octanol–water partition coefficient (Wildman–Crippen LogP) is 2.28. The molecule has 3 N–H and O–H groups in total. The van der Waals surface area contributed by atoms with E-state index in [0.717, 1.165) is 19.3 Å². The zero-order chi connectivity index (χ0) is 13.2. The molecule has 0 unspecified atom stereocenters. The molecular formula is C13H21NO3S. The Bertz CT molecular complexity index is 327. The summed E-state index contributed by atoms with van der Waals surface area (Å²) in [6.45, 7) is 0.698. The summed E-state index contributed by atoms with van der Waals surface area (Å²) in [6, 6.07) is 1.27. The Morgan fingerprint density at radius 2 is 2.17 bits per heavy atom. The molecule has 1 aromatic rings. The van der Waals surface area contributed by atoms with Crippen molar-refractivity contribution in [3.63, 3.8) is 0 Å². The van der Waals surface area contributed by atoms with Gasteiger partial charge in [-0.2, -0.15) is 11.3 Å². The van der Waals surface area contributed by atoms with E-state index in [1.165, 1.54) is 18.4 Å². The zero-order valence-electron chi connectivity index (χ0n) is 10.5. The van der Waals surface area contributed by atoms with Crippen molar-refractivity contribution in [2.75, 3.05) is 13.2 Å². The summed E-state index contributed by atoms with van der Waals surface area (Å²) in [5, 5.41) is 12.8. The van der Waals surface area contributed by atoms with Gasteiger partial charge in [-0.1, -0.05) is 12.8 Å². The molecule has 0 aliphatic rings. The van der Waals surface area contributed by atoms with Gasteiger partial charge in [-0.15, -0.1) is 0 Å². The van der Waals surface area contributed by atoms with Gasteiger partial charge in [0, 0.05) is 6.61 Å². The molecule has 1 aromatic heterocycles. The second kappa shape index (κ2) is 9.08. The lowest BCUT2D eigenvalue weighted by atomic mass is 10.1. The van der Waals surface area contributed by atoms with Crippen LogP contribution in [0, 0.1) is 0 Å². The van der Waals surface area contributed by atoms with E-state index in [1.54, 1.807) is 11.3 Å². The second-order valence-electron chi connectivity index (χ2n) is 4.32. The van der Waals surface area contributed by atoms with Crippen molar-refractivity contribution >= 4 is 17.3 Å². The van der Waals surface area contributed by atoms with Gasteiger partial charge in [0.25, 0.3) is 0 Å². The van der Waals surface area contributed by atoms with Gasteiger partial charge in [0.15, 0.2) is 0 Å². The highest BCUT2D eigenvalue weighted by molar-refractivity contribution is 7.07. The number of unbranched alkanes of at least 4 members (excludes halogenated alkanes) is 3. The first-order valence-electron chi connectivity index (χ1n) is 6.27. The first-order valence-corrected chi connectivity index (χ1v) is 7.21. The van der Waals surface area contributed by atoms with Gasteiger partial charge >= 0.3 is 5.97 Å². The van der Waals surface area contributed by atoms with Crippen molar-refractivity contribution in [2.45, 2.75) is 38.1 Å². The molecule has 4 nitrogen and oxygen atoms in total. The number of carboxylic acids is 1. The van der Waals surface area contributed by atoms with E-state index in [2.05, 4.69) is 16.8 Å². The van der Waals surface area contributed by atoms with Crippen LogP contribution in [-0.4, -0.2) is 30.3 Å². The summed E-state index contributed by atoms with van der Waals surface area (Å²) in [5.74, 6) is -1.01. The fourth-order valence-corrected chi connectivity index (χ4v) is 2.31. The number of rotatable bonds is 10. The number of nitrogens with two attached hydrogens (primary N) is 1. The van der Waals surface area contributed by atoms with E-state index in [9.17, 15) is 4.79 Å². The van der Waals surface area contributed by atoms with Crippen LogP contribution >= 0.6 is 11.3 Å². The third kappa shape index (κ3) is 6.74. The minimum absolute atomic E-state index is 0.101. The maximum absolute atomic E-state index is 10.4. The molecule has 0 saturated carbocycles. The topological polar surface area (TPSA) is 72.5 Å². The van der Waals surface area contributed by atoms with Crippen molar-refractivity contribution in [3.8, 4) is 0 Å². The summed E-state index contributed by atoms with van der Waals surface area (Å²) in [7, 11) is 0. The Labute approximate surface area is 112 Å². The Hall–Kier alpha value is -0.910. The van der Waals surface area contributed by atoms with Crippen molar-refractivity contribution < 1.29 is 14.6 Å². The van der Waals surface area contributed by atoms with Crippen molar-refractivity contribution in [2.24, 2.45) is 5.73 Å². The van der Waals surface area contributed by atoms with Crippen molar-refractivity contribution in [3.05, 3.63) is 22.4 Å². The van der Waals surface area contributed by atoms with E-state index in [-0.39, 0.29) is 6.61 Å². The van der Waals surface area contributed by atoms with Crippen LogP contribution in [0.3, 0.4) is 0 Å². The Kier molecular flexibility index (Phi) is 7.64. The molecule has 0 spiro atoms. The lowest BCUT2D eigenvalue weighted by Crippen LogP contribution is -2.34. The molecule has 0 amide bonds. The SMILES string of the molecule is N[C@@H](COCCCCCCc1ccsc1)C(=O)O. The fraction of sp³-hybridized carbons (Fsp3) is 0.615. The molecule has 18 heavy (non-hydrogen) atoms. The first kappa shape index (κ1) is 15.1. The lowest BCUT2D eigenvalue weighted by Gasteiger charge is -2.07. The van der Waals surface area contributed by atoms with Crippen LogP contribution in [-0.2, 0) is 16.0 Å². The van der Waals surface area contributed by atoms with Crippen LogP contribution in [0.5, 0.6) is 0 Å². The molecular weight excluding hydrogens is 250 g/mol. The van der Waals surface area contributed by atoms with Gasteiger partial charge < -0.3 is 15.6 Å². The number of hydrogen-bond acceptors (Lipinski definition) is 4. The summed E-state index contributed by atoms with van der Waals surface area (Å²) >= 11 is 1.74. The summed E-state index contributed by atoms with van der Waals surface area (Å²) in [6.07, 6.45) is 5.62. The molecule has 0 saturated heterocycles. The lowest BCUT2D eigenvalue weighted by molar-refractivity contribution is -0.140. The number of aryl methyl sites for hydroxylation is 1. The van der Waals surface area contributed by atoms with Crippen LogP contribution in [0.2, 0.25) is 0 Å². The quantitative estimate of drug-likeness (QED) is 0.640. The Morgan fingerprint density at radius 1 is 1.39 bits per heavy atom. The van der Waals surface area contributed by atoms with Crippen LogP contribution in [0.15, 0.2) is 16.8 Å². The predicted molar refractivity (Wildman–Crippen MR) is 72.9 cm³/mol. The normalized spacial score (nSPS) is 12.5. The number of ether oxygens (including phenoxy) is 1. The van der Waals surface area contributed by atoms with Crippen LogP contribution in [0.1, 0.15) is 31.2 Å². The van der Waals surface area contributed by atoms with Gasteiger partial charge in [0.2, 0.25) is 0 Å². The van der Waals surface area contributed by atoms with E-state index in [4.69, 9.17) is 15.6 Å². The Balaban J connectivity index is 1.85. The molecule has 1 heterocycles. The maximum Gasteiger partial charge on any atom is 0.322 e. The molecule has 0 aliphatic heterocycles. The number of carbonyl (C=O) groups is 1. The van der Waals surface area contributed by atoms with Crippen LogP contribution in [0.25, 0.3) is 0 Å². The molecule has 102 valence electrons. The van der Waals surface area contributed by atoms with Crippen molar-refractivity contribution in [1.82, 2.24) is 0 Å². The molecule has 1 rings (SSSR count). The molecule has 0 bridgehead atoms. The molecule has 0 aliphatic carbocycles. The molecule has 0 aromatic carbocycles. The molecule has 1 atom stereocenters. The van der Waals surface area contributed by atoms with E-state index >= 15 is 0 Å². The maximum atomic E-state index is 10.4. The average molecular weight is 271 g/mol. The van der Waals surface area contributed by atoms with Crippen LogP contribution in [0.4, 0.5) is 0 Å². The van der Waals surface area contributed by atoms with Gasteiger partial charge in [0.05, 0.1) is 6.61 Å². The third-order valence-electron chi connectivity index (χ3n) is 2.70. The monoisotopic (exact) mass is 271 g/mol. The summed E-state index contributed by atoms with van der Waals surface area (Å²) in [4.78, 5) is 10.4. The smallest absolute Gasteiger partial charge is 0.322 e. The minimum atomic E-state index is -1.01. The summed E-state index contributed by atoms with van der Waals surface area (Å²) < 4.78 is 5.21. The van der Waals surface area contributed by atoms with E-state index < -0.39 is 12.0 Å². The highest BCUT2D eigenvalue weighted by Gasteiger charge is 2.10. The van der Waals surface area contributed by atoms with Gasteiger partial charge in [-0.25, -0.2) is 0 Å². The van der Waals surface area contributed by atoms with Crippen molar-refractivity contribution in [1.29, 1.82) is 0 Å². The highest BCUT2D eigenvalue weighted by atomic mass is 32.1. The van der Waals surface area contributed by atoms with Crippen LogP contribution < -0.4 is 5.73 Å². The third-order valence-corrected chi connectivity index (χ3v) is 3.43. The number of thiophene rings is 1. The number of hydrogen-bond donors (Lipinski definition) is 2. The second-order valence-corrected chi connectivity index (χ2v) is 5.10. The molecule has 0 radical (unpaired) electrons. The standard InChI is InChI=1S/C13H21NO3S/c14-12(13(15)16)9-17-7-4-2-1-3-5-11-6-8-18-10-11/h6,8,10,12H,1-5,7,9,14H2,(H,15,16)/t12-/m0/s1. The van der Waals surface area contributed by atoms with Gasteiger partial charge in [0.1, 0.15) is 6.04 Å². The van der Waals surface area contributed by atoms with E-state index in [1.807, 2.05) is 0 Å². The van der Waals surface area contributed by atoms with Gasteiger partial charge in [-0.05, 0) is 41.7 Å². The van der Waals surface area contributed by atoms with E-state index in [0.29, 0.717) is 6.61 Å². The number of aliphatic carboxylic acids is 1. The largest absolute Gasteiger partial charge is 0.480 e. The highest BCUT2D eigenvalue weighted by Crippen LogP contribution is 2.11. The molecule has 0 fully saturated rings. The average Bonchev–Trinajstić information content (AvgIpc) is 2.85. The molecule has 5 heteroatoms. The Morgan fingerprint density at radius 3 is 2.83 bits per heavy atom. The summed E-state index contributed by atoms with van der Waals surface area (Å²) in [5.41, 5.74) is 6.73.